The van der Waals surface area contributed by atoms with Gasteiger partial charge < -0.3 is 4.74 Å². The zero-order valence-corrected chi connectivity index (χ0v) is 14.6. The molecule has 1 aromatic rings. The van der Waals surface area contributed by atoms with Crippen molar-refractivity contribution >= 4 is 32.1 Å². The van der Waals surface area contributed by atoms with Gasteiger partial charge in [0.2, 0.25) is 0 Å². The molecule has 0 saturated carbocycles. The van der Waals surface area contributed by atoms with Crippen molar-refractivity contribution in [1.82, 2.24) is 9.03 Å². The average Bonchev–Trinajstić information content (AvgIpc) is 2.44. The van der Waals surface area contributed by atoms with Crippen LogP contribution in [0, 0.1) is 0 Å². The van der Waals surface area contributed by atoms with Gasteiger partial charge in [-0.2, -0.15) is 17.4 Å². The molecule has 0 unspecified atom stereocenters. The molecule has 0 radical (unpaired) electrons. The molecule has 8 heteroatoms. The Morgan fingerprint density at radius 1 is 1.38 bits per heavy atom. The van der Waals surface area contributed by atoms with Gasteiger partial charge in [-0.15, -0.1) is 0 Å². The zero-order valence-electron chi connectivity index (χ0n) is 12.2. The van der Waals surface area contributed by atoms with E-state index in [2.05, 4.69) is 25.4 Å². The standard InChI is InChI=1S/C13H19BrN2O4S/c1-10(11-4-6-12(14)7-5-11)15-21(18,19)16(2)9-8-13(17)20-3/h4-7,10,15H,8-9H2,1-3H3/t10-/m0/s1. The average molecular weight is 379 g/mol. The van der Waals surface area contributed by atoms with Crippen molar-refractivity contribution in [3.05, 3.63) is 34.3 Å². The minimum Gasteiger partial charge on any atom is -0.469 e. The number of esters is 1. The number of ether oxygens (including phenoxy) is 1. The van der Waals surface area contributed by atoms with Crippen LogP contribution in [0.15, 0.2) is 28.7 Å². The second-order valence-corrected chi connectivity index (χ2v) is 7.27. The molecular formula is C13H19BrN2O4S. The van der Waals surface area contributed by atoms with Gasteiger partial charge in [-0.1, -0.05) is 28.1 Å². The highest BCUT2D eigenvalue weighted by molar-refractivity contribution is 9.10. The Morgan fingerprint density at radius 3 is 2.48 bits per heavy atom. The molecule has 118 valence electrons. The van der Waals surface area contributed by atoms with Crippen LogP contribution in [0.1, 0.15) is 24.9 Å². The smallest absolute Gasteiger partial charge is 0.306 e. The summed E-state index contributed by atoms with van der Waals surface area (Å²) in [5.41, 5.74) is 0.850. The van der Waals surface area contributed by atoms with E-state index in [1.54, 1.807) is 6.92 Å². The fraction of sp³-hybridized carbons (Fsp3) is 0.462. The molecule has 0 saturated heterocycles. The first-order chi connectivity index (χ1) is 9.76. The predicted octanol–water partition coefficient (Wildman–Crippen LogP) is 1.84. The first-order valence-corrected chi connectivity index (χ1v) is 8.55. The molecule has 0 aliphatic heterocycles. The van der Waals surface area contributed by atoms with E-state index in [1.807, 2.05) is 24.3 Å². The summed E-state index contributed by atoms with van der Waals surface area (Å²) in [6.45, 7) is 1.82. The van der Waals surface area contributed by atoms with E-state index in [9.17, 15) is 13.2 Å². The highest BCUT2D eigenvalue weighted by atomic mass is 79.9. The van der Waals surface area contributed by atoms with Gasteiger partial charge in [-0.25, -0.2) is 0 Å². The topological polar surface area (TPSA) is 75.7 Å². The van der Waals surface area contributed by atoms with Crippen LogP contribution in [-0.2, 0) is 19.7 Å². The number of rotatable bonds is 7. The van der Waals surface area contributed by atoms with Crippen molar-refractivity contribution in [2.24, 2.45) is 0 Å². The lowest BCUT2D eigenvalue weighted by Gasteiger charge is -2.21. The summed E-state index contributed by atoms with van der Waals surface area (Å²) in [6, 6.07) is 7.00. The van der Waals surface area contributed by atoms with E-state index >= 15 is 0 Å². The van der Waals surface area contributed by atoms with Gasteiger partial charge >= 0.3 is 5.97 Å². The van der Waals surface area contributed by atoms with Gasteiger partial charge in [0.25, 0.3) is 10.2 Å². The molecule has 0 bridgehead atoms. The molecular weight excluding hydrogens is 360 g/mol. The molecule has 1 rings (SSSR count). The van der Waals surface area contributed by atoms with Crippen molar-refractivity contribution in [2.45, 2.75) is 19.4 Å². The number of hydrogen-bond acceptors (Lipinski definition) is 4. The van der Waals surface area contributed by atoms with Gasteiger partial charge in [0.1, 0.15) is 0 Å². The lowest BCUT2D eigenvalue weighted by atomic mass is 10.1. The number of hydrogen-bond donors (Lipinski definition) is 1. The Labute approximate surface area is 133 Å². The van der Waals surface area contributed by atoms with Crippen molar-refractivity contribution in [2.75, 3.05) is 20.7 Å². The number of methoxy groups -OCH3 is 1. The summed E-state index contributed by atoms with van der Waals surface area (Å²) in [5, 5.41) is 0. The maximum Gasteiger partial charge on any atom is 0.306 e. The van der Waals surface area contributed by atoms with Gasteiger partial charge in [-0.05, 0) is 24.6 Å². The van der Waals surface area contributed by atoms with E-state index in [0.717, 1.165) is 14.3 Å². The van der Waals surface area contributed by atoms with Crippen LogP contribution in [0.5, 0.6) is 0 Å². The highest BCUT2D eigenvalue weighted by Gasteiger charge is 2.21. The van der Waals surface area contributed by atoms with Crippen LogP contribution in [0.25, 0.3) is 0 Å². The molecule has 0 amide bonds. The maximum atomic E-state index is 12.1. The minimum atomic E-state index is -3.66. The molecule has 1 atom stereocenters. The Bertz CT molecular complexity index is 574. The molecule has 0 spiro atoms. The van der Waals surface area contributed by atoms with Gasteiger partial charge in [0.05, 0.1) is 13.5 Å². The summed E-state index contributed by atoms with van der Waals surface area (Å²) >= 11 is 3.33. The quantitative estimate of drug-likeness (QED) is 0.734. The van der Waals surface area contributed by atoms with Crippen LogP contribution in [-0.4, -0.2) is 39.4 Å². The minimum absolute atomic E-state index is 0.0145. The third-order valence-corrected chi connectivity index (χ3v) is 5.15. The van der Waals surface area contributed by atoms with E-state index in [0.29, 0.717) is 0 Å². The second kappa shape index (κ2) is 7.88. The molecule has 6 nitrogen and oxygen atoms in total. The summed E-state index contributed by atoms with van der Waals surface area (Å²) in [4.78, 5) is 11.1. The largest absolute Gasteiger partial charge is 0.469 e. The third-order valence-electron chi connectivity index (χ3n) is 2.96. The number of nitrogens with zero attached hydrogens (tertiary/aromatic N) is 1. The summed E-state index contributed by atoms with van der Waals surface area (Å²) in [7, 11) is -0.973. The van der Waals surface area contributed by atoms with E-state index in [-0.39, 0.29) is 19.0 Å². The molecule has 0 aliphatic rings. The molecule has 0 aromatic heterocycles. The van der Waals surface area contributed by atoms with Crippen molar-refractivity contribution in [3.63, 3.8) is 0 Å². The fourth-order valence-electron chi connectivity index (χ4n) is 1.60. The van der Waals surface area contributed by atoms with Crippen molar-refractivity contribution < 1.29 is 17.9 Å². The predicted molar refractivity (Wildman–Crippen MR) is 83.9 cm³/mol. The van der Waals surface area contributed by atoms with Gasteiger partial charge in [0.15, 0.2) is 0 Å². The van der Waals surface area contributed by atoms with Crippen LogP contribution < -0.4 is 4.72 Å². The Morgan fingerprint density at radius 2 is 1.95 bits per heavy atom. The number of benzene rings is 1. The van der Waals surface area contributed by atoms with Crippen LogP contribution in [0.2, 0.25) is 0 Å². The van der Waals surface area contributed by atoms with Gasteiger partial charge in [-0.3, -0.25) is 4.79 Å². The third kappa shape index (κ3) is 5.74. The molecule has 21 heavy (non-hydrogen) atoms. The van der Waals surface area contributed by atoms with Crippen LogP contribution in [0.4, 0.5) is 0 Å². The van der Waals surface area contributed by atoms with Crippen molar-refractivity contribution in [3.8, 4) is 0 Å². The summed E-state index contributed by atoms with van der Waals surface area (Å²) < 4.78 is 33.3. The van der Waals surface area contributed by atoms with Crippen LogP contribution in [0.3, 0.4) is 0 Å². The van der Waals surface area contributed by atoms with Crippen molar-refractivity contribution in [1.29, 1.82) is 0 Å². The Hall–Kier alpha value is -0.960. The van der Waals surface area contributed by atoms with E-state index in [1.165, 1.54) is 14.2 Å². The van der Waals surface area contributed by atoms with E-state index in [4.69, 9.17) is 0 Å². The Kier molecular flexibility index (Phi) is 6.79. The van der Waals surface area contributed by atoms with Gasteiger partial charge in [0, 0.05) is 24.1 Å². The summed E-state index contributed by atoms with van der Waals surface area (Å²) in [6.07, 6.45) is 0.0145. The Balaban J connectivity index is 2.66. The second-order valence-electron chi connectivity index (χ2n) is 4.54. The molecule has 1 aromatic carbocycles. The first kappa shape index (κ1) is 18.1. The van der Waals surface area contributed by atoms with Crippen LogP contribution >= 0.6 is 15.9 Å². The number of carbonyl (C=O) groups is 1. The maximum absolute atomic E-state index is 12.1. The molecule has 0 fully saturated rings. The molecule has 0 heterocycles. The normalized spacial score (nSPS) is 13.2. The monoisotopic (exact) mass is 378 g/mol. The number of nitrogens with one attached hydrogen (secondary N) is 1. The number of halogens is 1. The SMILES string of the molecule is COC(=O)CCN(C)S(=O)(=O)N[C@@H](C)c1ccc(Br)cc1. The zero-order chi connectivity index (χ0) is 16.0. The summed E-state index contributed by atoms with van der Waals surface area (Å²) in [5.74, 6) is -0.446. The lowest BCUT2D eigenvalue weighted by Crippen LogP contribution is -2.40. The molecule has 1 N–H and O–H groups in total. The van der Waals surface area contributed by atoms with E-state index < -0.39 is 16.2 Å². The number of carbonyl (C=O) groups excluding carboxylic acids is 1. The first-order valence-electron chi connectivity index (χ1n) is 6.32. The fourth-order valence-corrected chi connectivity index (χ4v) is 2.96. The highest BCUT2D eigenvalue weighted by Crippen LogP contribution is 2.17. The molecule has 0 aliphatic carbocycles. The lowest BCUT2D eigenvalue weighted by molar-refractivity contribution is -0.140.